The van der Waals surface area contributed by atoms with Gasteiger partial charge in [-0.15, -0.1) is 0 Å². The number of ether oxygens (including phenoxy) is 1. The Balaban J connectivity index is 1.13. The van der Waals surface area contributed by atoms with Crippen molar-refractivity contribution < 1.29 is 4.74 Å². The Morgan fingerprint density at radius 3 is 1.39 bits per heavy atom. The van der Waals surface area contributed by atoms with Crippen molar-refractivity contribution in [3.05, 3.63) is 182 Å². The molecule has 8 aromatic rings. The molecule has 0 saturated heterocycles. The van der Waals surface area contributed by atoms with Gasteiger partial charge in [-0.2, -0.15) is 0 Å². The number of hydrogen-bond donors (Lipinski definition) is 0. The molecule has 0 aliphatic carbocycles. The van der Waals surface area contributed by atoms with Gasteiger partial charge in [0.05, 0.1) is 5.69 Å². The van der Waals surface area contributed by atoms with Crippen molar-refractivity contribution in [1.29, 1.82) is 0 Å². The third-order valence-electron chi connectivity index (χ3n) is 11.5. The topological polar surface area (TPSA) is 31.8 Å². The number of aromatic nitrogens is 1. The number of anilines is 9. The fourth-order valence-corrected chi connectivity index (χ4v) is 9.38. The van der Waals surface area contributed by atoms with E-state index in [1.54, 1.807) is 0 Å². The summed E-state index contributed by atoms with van der Waals surface area (Å²) in [5, 5.41) is 0. The summed E-state index contributed by atoms with van der Waals surface area (Å²) in [6.45, 7) is -0.164. The molecule has 0 unspecified atom stereocenters. The van der Waals surface area contributed by atoms with E-state index in [0.717, 1.165) is 62.3 Å². The van der Waals surface area contributed by atoms with Gasteiger partial charge in [-0.1, -0.05) is 103 Å². The first-order valence-electron chi connectivity index (χ1n) is 18.6. The number of rotatable bonds is 3. The fraction of sp³-hybridized carbons (Fsp3) is 0. The first kappa shape index (κ1) is 29.6. The predicted octanol–water partition coefficient (Wildman–Crippen LogP) is 7.57. The van der Waals surface area contributed by atoms with Gasteiger partial charge in [0.2, 0.25) is 5.88 Å². The second-order valence-electron chi connectivity index (χ2n) is 14.3. The Kier molecular flexibility index (Phi) is 6.17. The molecule has 0 N–H and O–H groups in total. The summed E-state index contributed by atoms with van der Waals surface area (Å²) in [4.78, 5) is 12.9. The molecule has 0 fully saturated rings. The quantitative estimate of drug-likeness (QED) is 0.179. The number of para-hydroxylation sites is 5. The second-order valence-corrected chi connectivity index (χ2v) is 14.3. The maximum Gasteiger partial charge on any atom is 0.275 e. The Hall–Kier alpha value is -6.98. The molecule has 0 bridgehead atoms. The number of nitrogens with zero attached hydrogens (tertiary/aromatic N) is 4. The molecule has 1 aromatic heterocycles. The molecule has 0 radical (unpaired) electrons. The smallest absolute Gasteiger partial charge is 0.275 e. The van der Waals surface area contributed by atoms with E-state index in [4.69, 9.17) is 9.72 Å². The highest BCUT2D eigenvalue weighted by Crippen LogP contribution is 2.45. The van der Waals surface area contributed by atoms with Gasteiger partial charge in [0.1, 0.15) is 5.75 Å². The highest BCUT2D eigenvalue weighted by Gasteiger charge is 2.47. The predicted molar refractivity (Wildman–Crippen MR) is 224 cm³/mol. The van der Waals surface area contributed by atoms with Crippen LogP contribution < -0.4 is 52.3 Å². The molecule has 0 saturated carbocycles. The summed E-state index contributed by atoms with van der Waals surface area (Å²) < 4.78 is 6.97. The Morgan fingerprint density at radius 1 is 0.370 bits per heavy atom. The van der Waals surface area contributed by atoms with E-state index in [9.17, 15) is 0 Å². The van der Waals surface area contributed by atoms with Crippen molar-refractivity contribution in [3.63, 3.8) is 0 Å². The lowest BCUT2D eigenvalue weighted by Gasteiger charge is -2.44. The molecule has 7 aromatic carbocycles. The molecule has 0 spiro atoms. The minimum absolute atomic E-state index is 0.0634. The minimum Gasteiger partial charge on any atom is -0.440 e. The minimum atomic E-state index is -0.101. The van der Waals surface area contributed by atoms with Crippen molar-refractivity contribution in [3.8, 4) is 11.6 Å². The highest BCUT2D eigenvalue weighted by atomic mass is 16.5. The molecule has 5 nitrogen and oxygen atoms in total. The molecule has 4 aliphatic rings. The summed E-state index contributed by atoms with van der Waals surface area (Å²) in [5.41, 5.74) is 17.1. The molecule has 12 rings (SSSR count). The van der Waals surface area contributed by atoms with Crippen molar-refractivity contribution >= 4 is 97.5 Å². The molecular formula is C47H30B2N4O. The lowest BCUT2D eigenvalue weighted by Crippen LogP contribution is -2.64. The van der Waals surface area contributed by atoms with Crippen LogP contribution in [0.25, 0.3) is 0 Å². The Labute approximate surface area is 314 Å². The van der Waals surface area contributed by atoms with Gasteiger partial charge in [-0.05, 0) is 106 Å². The van der Waals surface area contributed by atoms with Crippen LogP contribution >= 0.6 is 0 Å². The zero-order valence-corrected chi connectivity index (χ0v) is 29.2. The monoisotopic (exact) mass is 688 g/mol. The zero-order valence-electron chi connectivity index (χ0n) is 29.2. The van der Waals surface area contributed by atoms with Crippen LogP contribution in [0.15, 0.2) is 182 Å². The average Bonchev–Trinajstić information content (AvgIpc) is 3.24. The van der Waals surface area contributed by atoms with Gasteiger partial charge in [0.15, 0.2) is 0 Å². The largest absolute Gasteiger partial charge is 0.440 e. The van der Waals surface area contributed by atoms with Crippen molar-refractivity contribution in [2.45, 2.75) is 0 Å². The van der Waals surface area contributed by atoms with Crippen molar-refractivity contribution in [1.82, 2.24) is 4.98 Å². The third-order valence-corrected chi connectivity index (χ3v) is 11.5. The molecule has 5 heterocycles. The van der Waals surface area contributed by atoms with E-state index in [2.05, 4.69) is 197 Å². The molecule has 4 aliphatic heterocycles. The highest BCUT2D eigenvalue weighted by molar-refractivity contribution is 7.01. The lowest BCUT2D eigenvalue weighted by molar-refractivity contribution is 0.469. The van der Waals surface area contributed by atoms with Crippen LogP contribution in [-0.4, -0.2) is 18.4 Å². The van der Waals surface area contributed by atoms with Gasteiger partial charge in [-0.3, -0.25) is 0 Å². The van der Waals surface area contributed by atoms with E-state index < -0.39 is 0 Å². The van der Waals surface area contributed by atoms with Crippen molar-refractivity contribution in [2.75, 3.05) is 14.7 Å². The first-order valence-corrected chi connectivity index (χ1v) is 18.6. The van der Waals surface area contributed by atoms with Gasteiger partial charge < -0.3 is 19.4 Å². The van der Waals surface area contributed by atoms with Crippen LogP contribution in [0.1, 0.15) is 0 Å². The SMILES string of the molecule is c1ccc(N2c3ccccc3B3c4cc5c(nc4Oc4cccc2c43)B2c3ccccc3N(c3ccccc3)c3cccc(c32)N5c2ccccc2)cc1. The molecule has 7 heteroatoms. The first-order chi connectivity index (χ1) is 26.8. The van der Waals surface area contributed by atoms with E-state index in [-0.39, 0.29) is 13.4 Å². The average molecular weight is 688 g/mol. The van der Waals surface area contributed by atoms with Crippen LogP contribution in [0.5, 0.6) is 11.6 Å². The van der Waals surface area contributed by atoms with Crippen molar-refractivity contribution in [2.24, 2.45) is 0 Å². The van der Waals surface area contributed by atoms with Gasteiger partial charge in [0, 0.05) is 51.1 Å². The van der Waals surface area contributed by atoms with Gasteiger partial charge >= 0.3 is 0 Å². The maximum atomic E-state index is 6.97. The van der Waals surface area contributed by atoms with E-state index in [1.807, 2.05) is 0 Å². The summed E-state index contributed by atoms with van der Waals surface area (Å²) in [5.74, 6) is 1.52. The number of pyridine rings is 1. The Bertz CT molecular complexity index is 2800. The normalized spacial score (nSPS) is 13.9. The summed E-state index contributed by atoms with van der Waals surface area (Å²) in [6.07, 6.45) is 0. The third kappa shape index (κ3) is 4.04. The van der Waals surface area contributed by atoms with E-state index >= 15 is 0 Å². The van der Waals surface area contributed by atoms with Crippen LogP contribution in [0.3, 0.4) is 0 Å². The second kappa shape index (κ2) is 11.3. The van der Waals surface area contributed by atoms with Crippen LogP contribution in [0.4, 0.5) is 51.2 Å². The van der Waals surface area contributed by atoms with Crippen LogP contribution in [0, 0.1) is 0 Å². The Morgan fingerprint density at radius 2 is 0.815 bits per heavy atom. The van der Waals surface area contributed by atoms with E-state index in [0.29, 0.717) is 5.88 Å². The number of fused-ring (bicyclic) bond motifs is 8. The molecule has 0 amide bonds. The maximum absolute atomic E-state index is 6.97. The van der Waals surface area contributed by atoms with Gasteiger partial charge in [0.25, 0.3) is 13.4 Å². The standard InChI is InChI=1S/C47H30B2N4O/c1-4-16-31(17-5-1)51-38-25-13-11-23-35(38)49-44-39(51)26-14-27-40(44)53(33-20-8-3-9-21-33)42-30-36-47(50-46(42)49)54-43-29-15-28-41-45(43)48(36)34-22-10-12-24-37(34)52(41)32-18-6-2-7-19-32/h1-30H. The molecule has 250 valence electrons. The van der Waals surface area contributed by atoms with Crippen LogP contribution in [0.2, 0.25) is 0 Å². The number of hydrogen-bond acceptors (Lipinski definition) is 5. The summed E-state index contributed by atoms with van der Waals surface area (Å²) >= 11 is 0. The fourth-order valence-electron chi connectivity index (χ4n) is 9.38. The lowest BCUT2D eigenvalue weighted by atomic mass is 9.33. The van der Waals surface area contributed by atoms with Crippen LogP contribution in [-0.2, 0) is 0 Å². The zero-order chi connectivity index (χ0) is 35.3. The van der Waals surface area contributed by atoms with Gasteiger partial charge in [-0.25, -0.2) is 4.98 Å². The number of benzene rings is 7. The molecule has 54 heavy (non-hydrogen) atoms. The molecular weight excluding hydrogens is 658 g/mol. The summed E-state index contributed by atoms with van der Waals surface area (Å²) in [7, 11) is 0. The molecule has 0 atom stereocenters. The van der Waals surface area contributed by atoms with E-state index in [1.165, 1.54) is 27.5 Å². The summed E-state index contributed by atoms with van der Waals surface area (Å²) in [6, 6.07) is 65.2.